The van der Waals surface area contributed by atoms with Crippen molar-refractivity contribution in [2.75, 3.05) is 20.3 Å². The number of hydrogen-bond acceptors (Lipinski definition) is 6. The van der Waals surface area contributed by atoms with Crippen LogP contribution in [0.25, 0.3) is 0 Å². The van der Waals surface area contributed by atoms with Gasteiger partial charge in [0.25, 0.3) is 0 Å². The van der Waals surface area contributed by atoms with E-state index in [0.717, 1.165) is 0 Å². The molecule has 0 N–H and O–H groups in total. The Labute approximate surface area is 110 Å². The molecule has 0 aliphatic heterocycles. The van der Waals surface area contributed by atoms with Gasteiger partial charge in [0.15, 0.2) is 10.6 Å². The first-order chi connectivity index (χ1) is 8.56. The monoisotopic (exact) mass is 272 g/mol. The molecule has 0 saturated heterocycles. The second-order valence-corrected chi connectivity index (χ2v) is 4.56. The lowest BCUT2D eigenvalue weighted by Crippen LogP contribution is -2.08. The average molecular weight is 272 g/mol. The maximum Gasteiger partial charge on any atom is 0.352 e. The summed E-state index contributed by atoms with van der Waals surface area (Å²) in [5, 5.41) is 0. The van der Waals surface area contributed by atoms with Crippen molar-refractivity contribution in [3.05, 3.63) is 15.3 Å². The molecule has 1 heterocycles. The Kier molecular flexibility index (Phi) is 5.15. The molecule has 6 heteroatoms. The van der Waals surface area contributed by atoms with Gasteiger partial charge in [-0.3, -0.25) is 0 Å². The fourth-order valence-corrected chi connectivity index (χ4v) is 2.49. The smallest absolute Gasteiger partial charge is 0.352 e. The summed E-state index contributed by atoms with van der Waals surface area (Å²) in [7, 11) is 1.41. The Bertz CT molecular complexity index is 450. The molecule has 1 aromatic rings. The quantitative estimate of drug-likeness (QED) is 0.770. The van der Waals surface area contributed by atoms with Crippen LogP contribution in [-0.2, 0) is 9.47 Å². The molecule has 5 nitrogen and oxygen atoms in total. The van der Waals surface area contributed by atoms with E-state index < -0.39 is 11.9 Å². The lowest BCUT2D eigenvalue weighted by Gasteiger charge is -2.06. The van der Waals surface area contributed by atoms with Crippen LogP contribution in [0.4, 0.5) is 0 Å². The first kappa shape index (κ1) is 14.5. The lowest BCUT2D eigenvalue weighted by molar-refractivity contribution is 0.0522. The van der Waals surface area contributed by atoms with E-state index in [1.807, 2.05) is 0 Å². The maximum atomic E-state index is 11.8. The summed E-state index contributed by atoms with van der Waals surface area (Å²) in [5.41, 5.74) is 0.299. The van der Waals surface area contributed by atoms with Gasteiger partial charge in [-0.1, -0.05) is 0 Å². The number of rotatable bonds is 5. The highest BCUT2D eigenvalue weighted by atomic mass is 32.1. The van der Waals surface area contributed by atoms with Crippen molar-refractivity contribution in [1.29, 1.82) is 0 Å². The largest absolute Gasteiger partial charge is 0.494 e. The number of hydrogen-bond donors (Lipinski definition) is 0. The normalized spacial score (nSPS) is 10.0. The van der Waals surface area contributed by atoms with Crippen LogP contribution >= 0.6 is 11.3 Å². The van der Waals surface area contributed by atoms with Crippen molar-refractivity contribution in [3.8, 4) is 5.75 Å². The predicted molar refractivity (Wildman–Crippen MR) is 67.5 cm³/mol. The Morgan fingerprint density at radius 2 is 1.67 bits per heavy atom. The van der Waals surface area contributed by atoms with Gasteiger partial charge in [0.2, 0.25) is 0 Å². The summed E-state index contributed by atoms with van der Waals surface area (Å²) in [6.45, 7) is 5.72. The minimum absolute atomic E-state index is 0.231. The van der Waals surface area contributed by atoms with Crippen LogP contribution in [0.3, 0.4) is 0 Å². The molecular weight excluding hydrogens is 256 g/mol. The van der Waals surface area contributed by atoms with E-state index >= 15 is 0 Å². The van der Waals surface area contributed by atoms with Gasteiger partial charge >= 0.3 is 11.9 Å². The van der Waals surface area contributed by atoms with Crippen molar-refractivity contribution in [2.24, 2.45) is 0 Å². The van der Waals surface area contributed by atoms with Crippen molar-refractivity contribution in [2.45, 2.75) is 20.8 Å². The van der Waals surface area contributed by atoms with E-state index in [-0.39, 0.29) is 19.0 Å². The zero-order valence-corrected chi connectivity index (χ0v) is 11.7. The Morgan fingerprint density at radius 1 is 1.11 bits per heavy atom. The Hall–Kier alpha value is -1.56. The molecule has 0 fully saturated rings. The Morgan fingerprint density at radius 3 is 2.17 bits per heavy atom. The first-order valence-electron chi connectivity index (χ1n) is 5.58. The van der Waals surface area contributed by atoms with Gasteiger partial charge < -0.3 is 14.2 Å². The molecule has 0 radical (unpaired) electrons. The van der Waals surface area contributed by atoms with Gasteiger partial charge in [-0.05, 0) is 20.8 Å². The molecule has 0 atom stereocenters. The van der Waals surface area contributed by atoms with E-state index in [1.54, 1.807) is 20.8 Å². The highest BCUT2D eigenvalue weighted by Gasteiger charge is 2.27. The number of carbonyl (C=O) groups excluding carboxylic acids is 2. The molecule has 0 unspecified atom stereocenters. The van der Waals surface area contributed by atoms with Gasteiger partial charge in [0.1, 0.15) is 5.56 Å². The average Bonchev–Trinajstić information content (AvgIpc) is 2.66. The summed E-state index contributed by atoms with van der Waals surface area (Å²) in [6.07, 6.45) is 0. The third-order valence-electron chi connectivity index (χ3n) is 2.19. The molecule has 0 bridgehead atoms. The third kappa shape index (κ3) is 2.81. The summed E-state index contributed by atoms with van der Waals surface area (Å²) >= 11 is 1.17. The number of carbonyl (C=O) groups is 2. The maximum absolute atomic E-state index is 11.8. The van der Waals surface area contributed by atoms with Crippen LogP contribution in [0.2, 0.25) is 0 Å². The topological polar surface area (TPSA) is 61.8 Å². The lowest BCUT2D eigenvalue weighted by atomic mass is 10.2. The minimum atomic E-state index is -0.488. The summed E-state index contributed by atoms with van der Waals surface area (Å²) in [5.74, 6) is -0.744. The van der Waals surface area contributed by atoms with E-state index in [2.05, 4.69) is 0 Å². The number of aryl methyl sites for hydroxylation is 1. The number of methoxy groups -OCH3 is 1. The molecule has 0 aliphatic carbocycles. The van der Waals surface area contributed by atoms with Crippen LogP contribution in [0, 0.1) is 6.92 Å². The number of esters is 2. The van der Waals surface area contributed by atoms with Crippen molar-refractivity contribution in [1.82, 2.24) is 0 Å². The molecule has 0 aliphatic rings. The van der Waals surface area contributed by atoms with Crippen LogP contribution in [0.1, 0.15) is 38.8 Å². The van der Waals surface area contributed by atoms with Crippen LogP contribution < -0.4 is 4.74 Å². The van der Waals surface area contributed by atoms with Crippen LogP contribution in [-0.4, -0.2) is 32.3 Å². The fourth-order valence-electron chi connectivity index (χ4n) is 1.49. The van der Waals surface area contributed by atoms with Gasteiger partial charge in [-0.15, -0.1) is 11.3 Å². The van der Waals surface area contributed by atoms with E-state index in [9.17, 15) is 9.59 Å². The molecule has 0 saturated carbocycles. The van der Waals surface area contributed by atoms with Crippen LogP contribution in [0.15, 0.2) is 0 Å². The van der Waals surface area contributed by atoms with Crippen LogP contribution in [0.5, 0.6) is 5.75 Å². The molecule has 1 aromatic heterocycles. The SMILES string of the molecule is CCOC(=O)c1sc(C)c(C(=O)OCC)c1OC. The zero-order valence-electron chi connectivity index (χ0n) is 10.9. The standard InChI is InChI=1S/C12H16O5S/c1-5-16-11(13)8-7(3)18-10(9(8)15-4)12(14)17-6-2/h5-6H2,1-4H3. The first-order valence-corrected chi connectivity index (χ1v) is 6.40. The Balaban J connectivity index is 3.20. The van der Waals surface area contributed by atoms with Gasteiger partial charge in [-0.2, -0.15) is 0 Å². The van der Waals surface area contributed by atoms with E-state index in [0.29, 0.717) is 15.3 Å². The number of ether oxygens (including phenoxy) is 3. The molecule has 1 rings (SSSR count). The summed E-state index contributed by atoms with van der Waals surface area (Å²) in [6, 6.07) is 0. The van der Waals surface area contributed by atoms with Gasteiger partial charge in [-0.25, -0.2) is 9.59 Å². The van der Waals surface area contributed by atoms with E-state index in [1.165, 1.54) is 18.4 Å². The van der Waals surface area contributed by atoms with E-state index in [4.69, 9.17) is 14.2 Å². The van der Waals surface area contributed by atoms with Crippen molar-refractivity contribution in [3.63, 3.8) is 0 Å². The third-order valence-corrected chi connectivity index (χ3v) is 3.25. The zero-order chi connectivity index (χ0) is 13.7. The second-order valence-electron chi connectivity index (χ2n) is 3.34. The number of thiophene rings is 1. The fraction of sp³-hybridized carbons (Fsp3) is 0.500. The highest BCUT2D eigenvalue weighted by Crippen LogP contribution is 2.36. The predicted octanol–water partition coefficient (Wildman–Crippen LogP) is 2.42. The van der Waals surface area contributed by atoms with Gasteiger partial charge in [0, 0.05) is 4.88 Å². The summed E-state index contributed by atoms with van der Waals surface area (Å²) < 4.78 is 15.0. The second kappa shape index (κ2) is 6.39. The molecule has 18 heavy (non-hydrogen) atoms. The van der Waals surface area contributed by atoms with Crippen molar-refractivity contribution < 1.29 is 23.8 Å². The minimum Gasteiger partial charge on any atom is -0.494 e. The molecule has 0 amide bonds. The molecular formula is C12H16O5S. The summed E-state index contributed by atoms with van der Waals surface area (Å²) in [4.78, 5) is 24.5. The molecule has 100 valence electrons. The highest BCUT2D eigenvalue weighted by molar-refractivity contribution is 7.14. The molecule has 0 spiro atoms. The molecule has 0 aromatic carbocycles. The van der Waals surface area contributed by atoms with Gasteiger partial charge in [0.05, 0.1) is 20.3 Å². The van der Waals surface area contributed by atoms with Crippen molar-refractivity contribution >= 4 is 23.3 Å².